The predicted octanol–water partition coefficient (Wildman–Crippen LogP) is 1.72. The molecule has 0 radical (unpaired) electrons. The summed E-state index contributed by atoms with van der Waals surface area (Å²) in [6.07, 6.45) is 3.08. The molecular weight excluding hydrogens is 206 g/mol. The lowest BCUT2D eigenvalue weighted by molar-refractivity contribution is 0.0524. The zero-order valence-corrected chi connectivity index (χ0v) is 8.25. The minimum atomic E-state index is -0.609. The van der Waals surface area contributed by atoms with Crippen LogP contribution in [0.3, 0.4) is 0 Å². The van der Waals surface area contributed by atoms with Gasteiger partial charge in [0.1, 0.15) is 0 Å². The van der Waals surface area contributed by atoms with Gasteiger partial charge in [-0.15, -0.1) is 0 Å². The standard InChI is InChI=1S/C9H8ClNO3/c1-2-14-9(13)8-6(5-12)3-11-4-7(8)10/h3-5H,2H2,1H3. The van der Waals surface area contributed by atoms with Gasteiger partial charge >= 0.3 is 5.97 Å². The highest BCUT2D eigenvalue weighted by molar-refractivity contribution is 6.34. The van der Waals surface area contributed by atoms with Crippen LogP contribution in [0.4, 0.5) is 0 Å². The fourth-order valence-corrected chi connectivity index (χ4v) is 1.20. The minimum Gasteiger partial charge on any atom is -0.462 e. The normalized spacial score (nSPS) is 9.57. The summed E-state index contributed by atoms with van der Waals surface area (Å²) in [5.74, 6) is -0.609. The summed E-state index contributed by atoms with van der Waals surface area (Å²) in [7, 11) is 0. The van der Waals surface area contributed by atoms with Gasteiger partial charge in [-0.2, -0.15) is 0 Å². The zero-order chi connectivity index (χ0) is 10.6. The number of hydrogen-bond donors (Lipinski definition) is 0. The van der Waals surface area contributed by atoms with Crippen molar-refractivity contribution in [1.82, 2.24) is 4.98 Å². The van der Waals surface area contributed by atoms with Gasteiger partial charge in [0.15, 0.2) is 6.29 Å². The topological polar surface area (TPSA) is 56.3 Å². The van der Waals surface area contributed by atoms with Gasteiger partial charge in [-0.3, -0.25) is 9.78 Å². The third kappa shape index (κ3) is 2.09. The molecule has 74 valence electrons. The van der Waals surface area contributed by atoms with Crippen LogP contribution in [0.15, 0.2) is 12.4 Å². The summed E-state index contributed by atoms with van der Waals surface area (Å²) < 4.78 is 4.74. The van der Waals surface area contributed by atoms with Gasteiger partial charge in [0.2, 0.25) is 0 Å². The number of carbonyl (C=O) groups is 2. The molecule has 0 spiro atoms. The van der Waals surface area contributed by atoms with Crippen molar-refractivity contribution >= 4 is 23.9 Å². The number of halogens is 1. The molecule has 1 rings (SSSR count). The van der Waals surface area contributed by atoms with Crippen molar-refractivity contribution in [2.75, 3.05) is 6.61 Å². The fourth-order valence-electron chi connectivity index (χ4n) is 0.958. The molecule has 0 fully saturated rings. The molecule has 0 aliphatic carbocycles. The van der Waals surface area contributed by atoms with Crippen LogP contribution in [0, 0.1) is 0 Å². The Hall–Kier alpha value is -1.42. The molecule has 0 aliphatic rings. The molecule has 0 aromatic carbocycles. The van der Waals surface area contributed by atoms with Gasteiger partial charge < -0.3 is 4.74 Å². The Kier molecular flexibility index (Phi) is 3.59. The van der Waals surface area contributed by atoms with Crippen LogP contribution in [-0.2, 0) is 4.74 Å². The summed E-state index contributed by atoms with van der Waals surface area (Å²) in [4.78, 5) is 25.6. The molecule has 0 saturated carbocycles. The first-order chi connectivity index (χ1) is 6.70. The maximum atomic E-state index is 11.4. The van der Waals surface area contributed by atoms with E-state index in [1.165, 1.54) is 12.4 Å². The molecule has 1 aromatic rings. The predicted molar refractivity (Wildman–Crippen MR) is 50.6 cm³/mol. The second kappa shape index (κ2) is 4.72. The summed E-state index contributed by atoms with van der Waals surface area (Å²) in [5.41, 5.74) is 0.203. The van der Waals surface area contributed by atoms with Gasteiger partial charge in [-0.1, -0.05) is 11.6 Å². The Bertz CT molecular complexity index is 365. The zero-order valence-electron chi connectivity index (χ0n) is 7.49. The number of rotatable bonds is 3. The van der Waals surface area contributed by atoms with Crippen molar-refractivity contribution in [2.24, 2.45) is 0 Å². The molecule has 0 atom stereocenters. The lowest BCUT2D eigenvalue weighted by Crippen LogP contribution is -2.09. The fraction of sp³-hybridized carbons (Fsp3) is 0.222. The number of esters is 1. The molecule has 14 heavy (non-hydrogen) atoms. The van der Waals surface area contributed by atoms with Crippen LogP contribution >= 0.6 is 11.6 Å². The third-order valence-electron chi connectivity index (χ3n) is 1.54. The lowest BCUT2D eigenvalue weighted by atomic mass is 10.1. The van der Waals surface area contributed by atoms with Crippen LogP contribution in [-0.4, -0.2) is 23.8 Å². The Labute approximate surface area is 85.9 Å². The van der Waals surface area contributed by atoms with E-state index in [1.54, 1.807) is 6.92 Å². The SMILES string of the molecule is CCOC(=O)c1c(Cl)cncc1C=O. The molecule has 0 aliphatic heterocycles. The van der Waals surface area contributed by atoms with Gasteiger partial charge in [-0.25, -0.2) is 4.79 Å². The van der Waals surface area contributed by atoms with E-state index in [1.807, 2.05) is 0 Å². The van der Waals surface area contributed by atoms with Crippen molar-refractivity contribution < 1.29 is 14.3 Å². The van der Waals surface area contributed by atoms with Crippen LogP contribution in [0.1, 0.15) is 27.6 Å². The van der Waals surface area contributed by atoms with Gasteiger partial charge in [0.25, 0.3) is 0 Å². The van der Waals surface area contributed by atoms with Crippen molar-refractivity contribution in [3.8, 4) is 0 Å². The van der Waals surface area contributed by atoms with Crippen molar-refractivity contribution in [3.63, 3.8) is 0 Å². The summed E-state index contributed by atoms with van der Waals surface area (Å²) in [6.45, 7) is 1.91. The van der Waals surface area contributed by atoms with Gasteiger partial charge in [0.05, 0.1) is 17.2 Å². The van der Waals surface area contributed by atoms with E-state index in [0.29, 0.717) is 6.29 Å². The first-order valence-electron chi connectivity index (χ1n) is 3.96. The number of ether oxygens (including phenoxy) is 1. The number of aldehydes is 1. The van der Waals surface area contributed by atoms with E-state index in [-0.39, 0.29) is 22.8 Å². The van der Waals surface area contributed by atoms with E-state index >= 15 is 0 Å². The second-order valence-electron chi connectivity index (χ2n) is 2.42. The highest BCUT2D eigenvalue weighted by atomic mass is 35.5. The molecule has 0 unspecified atom stereocenters. The average Bonchev–Trinajstić information content (AvgIpc) is 2.17. The van der Waals surface area contributed by atoms with Crippen molar-refractivity contribution in [2.45, 2.75) is 6.92 Å². The lowest BCUT2D eigenvalue weighted by Gasteiger charge is -2.05. The largest absolute Gasteiger partial charge is 0.462 e. The third-order valence-corrected chi connectivity index (χ3v) is 1.82. The first kappa shape index (κ1) is 10.7. The van der Waals surface area contributed by atoms with E-state index in [9.17, 15) is 9.59 Å². The second-order valence-corrected chi connectivity index (χ2v) is 2.83. The van der Waals surface area contributed by atoms with Crippen LogP contribution in [0.25, 0.3) is 0 Å². The highest BCUT2D eigenvalue weighted by Crippen LogP contribution is 2.18. The summed E-state index contributed by atoms with van der Waals surface area (Å²) in [5, 5.41) is 0.119. The van der Waals surface area contributed by atoms with E-state index < -0.39 is 5.97 Å². The Morgan fingerprint density at radius 1 is 1.64 bits per heavy atom. The smallest absolute Gasteiger partial charge is 0.340 e. The Morgan fingerprint density at radius 2 is 2.36 bits per heavy atom. The molecule has 0 saturated heterocycles. The average molecular weight is 214 g/mol. The first-order valence-corrected chi connectivity index (χ1v) is 4.34. The number of pyridine rings is 1. The van der Waals surface area contributed by atoms with Gasteiger partial charge in [-0.05, 0) is 6.92 Å². The molecule has 0 bridgehead atoms. The molecule has 5 heteroatoms. The number of nitrogens with zero attached hydrogens (tertiary/aromatic N) is 1. The number of hydrogen-bond acceptors (Lipinski definition) is 4. The Balaban J connectivity index is 3.16. The molecule has 4 nitrogen and oxygen atoms in total. The number of carbonyl (C=O) groups excluding carboxylic acids is 2. The molecule has 0 amide bonds. The monoisotopic (exact) mass is 213 g/mol. The quantitative estimate of drug-likeness (QED) is 0.567. The van der Waals surface area contributed by atoms with Crippen molar-refractivity contribution in [1.29, 1.82) is 0 Å². The highest BCUT2D eigenvalue weighted by Gasteiger charge is 2.16. The molecule has 1 heterocycles. The molecule has 1 aromatic heterocycles. The van der Waals surface area contributed by atoms with E-state index in [2.05, 4.69) is 4.98 Å². The maximum absolute atomic E-state index is 11.4. The Morgan fingerprint density at radius 3 is 2.93 bits per heavy atom. The van der Waals surface area contributed by atoms with Gasteiger partial charge in [0, 0.05) is 18.0 Å². The minimum absolute atomic E-state index is 0.0681. The van der Waals surface area contributed by atoms with Crippen LogP contribution in [0.2, 0.25) is 5.02 Å². The van der Waals surface area contributed by atoms with Crippen molar-refractivity contribution in [3.05, 3.63) is 28.5 Å². The molecule has 0 N–H and O–H groups in total. The summed E-state index contributed by atoms with van der Waals surface area (Å²) >= 11 is 5.72. The van der Waals surface area contributed by atoms with Crippen LogP contribution in [0.5, 0.6) is 0 Å². The maximum Gasteiger partial charge on any atom is 0.340 e. The molecular formula is C9H8ClNO3. The van der Waals surface area contributed by atoms with E-state index in [0.717, 1.165) is 0 Å². The van der Waals surface area contributed by atoms with Crippen LogP contribution < -0.4 is 0 Å². The van der Waals surface area contributed by atoms with E-state index in [4.69, 9.17) is 16.3 Å². The summed E-state index contributed by atoms with van der Waals surface area (Å²) in [6, 6.07) is 0. The number of aromatic nitrogens is 1.